The summed E-state index contributed by atoms with van der Waals surface area (Å²) in [5.74, 6) is -4.03. The van der Waals surface area contributed by atoms with Crippen molar-refractivity contribution in [3.05, 3.63) is 66.2 Å². The lowest BCUT2D eigenvalue weighted by Gasteiger charge is -2.37. The first-order valence-electron chi connectivity index (χ1n) is 17.9. The van der Waals surface area contributed by atoms with Gasteiger partial charge in [0.2, 0.25) is 29.4 Å². The SMILES string of the molecule is CCCC(NC(=O)[C@@H]1[C@@H]2[C@H](CN1C(=O)[C@@H](NC(=O)Oc1ccccc1)C(C)(C)C)C2(C)C)C(=O)C(=O)NCC(=O)N[C@H](C(=O)N(C)C)c1ccccc1. The molecule has 2 aliphatic rings. The molecular weight excluding hydrogens is 680 g/mol. The van der Waals surface area contributed by atoms with Crippen molar-refractivity contribution in [3.8, 4) is 5.75 Å². The Labute approximate surface area is 310 Å². The van der Waals surface area contributed by atoms with Crippen molar-refractivity contribution >= 4 is 41.4 Å². The number of rotatable bonds is 14. The first-order chi connectivity index (χ1) is 24.9. The molecule has 1 aliphatic carbocycles. The molecule has 14 heteroatoms. The number of ketones is 1. The molecule has 6 atom stereocenters. The van der Waals surface area contributed by atoms with Crippen LogP contribution in [-0.4, -0.2) is 96.5 Å². The first kappa shape index (κ1) is 40.5. The molecule has 2 aromatic rings. The van der Waals surface area contributed by atoms with E-state index in [1.807, 2.05) is 13.8 Å². The molecule has 1 saturated heterocycles. The molecule has 1 heterocycles. The van der Waals surface area contributed by atoms with E-state index < -0.39 is 71.6 Å². The average molecular weight is 733 g/mol. The van der Waals surface area contributed by atoms with Crippen LogP contribution in [0.4, 0.5) is 4.79 Å². The molecule has 0 spiro atoms. The number of nitrogens with one attached hydrogen (secondary N) is 4. The fourth-order valence-corrected chi connectivity index (χ4v) is 6.99. The lowest BCUT2D eigenvalue weighted by atomic mass is 9.85. The minimum absolute atomic E-state index is 0.0142. The summed E-state index contributed by atoms with van der Waals surface area (Å²) in [6.07, 6.45) is -0.239. The summed E-state index contributed by atoms with van der Waals surface area (Å²) in [6, 6.07) is 12.8. The fraction of sp³-hybridized carbons (Fsp3) is 0.513. The van der Waals surface area contributed by atoms with Gasteiger partial charge in [-0.15, -0.1) is 0 Å². The second kappa shape index (κ2) is 16.6. The molecule has 1 aliphatic heterocycles. The highest BCUT2D eigenvalue weighted by atomic mass is 16.6. The van der Waals surface area contributed by atoms with Crippen LogP contribution in [0.2, 0.25) is 0 Å². The summed E-state index contributed by atoms with van der Waals surface area (Å²) < 4.78 is 5.39. The second-order valence-corrected chi connectivity index (χ2v) is 15.6. The average Bonchev–Trinajstić information content (AvgIpc) is 3.41. The van der Waals surface area contributed by atoms with Gasteiger partial charge in [0.1, 0.15) is 23.9 Å². The van der Waals surface area contributed by atoms with Gasteiger partial charge in [0.15, 0.2) is 0 Å². The second-order valence-electron chi connectivity index (χ2n) is 15.6. The number of nitrogens with zero attached hydrogens (tertiary/aromatic N) is 2. The Bertz CT molecular complexity index is 1690. The number of amides is 6. The minimum atomic E-state index is -1.22. The fourth-order valence-electron chi connectivity index (χ4n) is 6.99. The van der Waals surface area contributed by atoms with E-state index in [0.29, 0.717) is 17.7 Å². The van der Waals surface area contributed by atoms with Crippen LogP contribution in [-0.2, 0) is 28.8 Å². The lowest BCUT2D eigenvalue weighted by Crippen LogP contribution is -2.60. The van der Waals surface area contributed by atoms with Crippen LogP contribution in [0.5, 0.6) is 5.75 Å². The molecule has 6 amide bonds. The van der Waals surface area contributed by atoms with E-state index in [4.69, 9.17) is 4.74 Å². The molecular formula is C39H52N6O8. The number of Topliss-reactive ketones (excluding diaryl/α,β-unsaturated/α-hetero) is 1. The summed E-state index contributed by atoms with van der Waals surface area (Å²) in [6.45, 7) is 10.9. The largest absolute Gasteiger partial charge is 0.413 e. The number of piperidine rings is 1. The summed E-state index contributed by atoms with van der Waals surface area (Å²) in [5, 5.41) is 10.4. The Morgan fingerprint density at radius 1 is 0.906 bits per heavy atom. The third-order valence-corrected chi connectivity index (χ3v) is 10.1. The predicted octanol–water partition coefficient (Wildman–Crippen LogP) is 2.59. The lowest BCUT2D eigenvalue weighted by molar-refractivity contribution is -0.145. The Kier molecular flexibility index (Phi) is 12.7. The van der Waals surface area contributed by atoms with Crippen LogP contribution in [0.15, 0.2) is 60.7 Å². The molecule has 286 valence electrons. The van der Waals surface area contributed by atoms with Gasteiger partial charge < -0.3 is 35.8 Å². The number of fused-ring (bicyclic) bond motifs is 1. The normalized spacial score (nSPS) is 20.1. The van der Waals surface area contributed by atoms with Crippen LogP contribution >= 0.6 is 0 Å². The van der Waals surface area contributed by atoms with Crippen LogP contribution in [0, 0.1) is 22.7 Å². The molecule has 0 aromatic heterocycles. The standard InChI is InChI=1S/C39H52N6O8/c1-9-16-26(31(47)34(49)40-21-27(46)42-29(35(50)44(7)8)23-17-12-10-13-18-23)41-33(48)30-28-25(39(28,5)6)22-45(30)36(51)32(38(2,3)4)43-37(52)53-24-19-14-11-15-20-24/h10-15,17-20,25-26,28-30,32H,9,16,21-22H2,1-8H3,(H,40,49)(H,41,48)(H,42,46)(H,43,52)/t25-,26?,28-,29-,30-,32+/m0/s1. The smallest absolute Gasteiger partial charge is 0.410 e. The van der Waals surface area contributed by atoms with Gasteiger partial charge in [-0.3, -0.25) is 28.8 Å². The third kappa shape index (κ3) is 9.59. The maximum Gasteiger partial charge on any atom is 0.413 e. The van der Waals surface area contributed by atoms with E-state index in [-0.39, 0.29) is 36.1 Å². The van der Waals surface area contributed by atoms with Gasteiger partial charge in [-0.05, 0) is 46.8 Å². The van der Waals surface area contributed by atoms with Crippen LogP contribution in [0.3, 0.4) is 0 Å². The third-order valence-electron chi connectivity index (χ3n) is 10.1. The van der Waals surface area contributed by atoms with Crippen LogP contribution in [0.25, 0.3) is 0 Å². The van der Waals surface area contributed by atoms with Crippen molar-refractivity contribution in [1.82, 2.24) is 31.1 Å². The van der Waals surface area contributed by atoms with Gasteiger partial charge in [0.25, 0.3) is 5.91 Å². The van der Waals surface area contributed by atoms with Gasteiger partial charge in [-0.1, -0.05) is 96.5 Å². The van der Waals surface area contributed by atoms with Gasteiger partial charge in [0.05, 0.1) is 12.6 Å². The molecule has 0 radical (unpaired) electrons. The molecule has 4 N–H and O–H groups in total. The summed E-state index contributed by atoms with van der Waals surface area (Å²) in [4.78, 5) is 96.1. The molecule has 14 nitrogen and oxygen atoms in total. The Balaban J connectivity index is 1.44. The Morgan fingerprint density at radius 2 is 1.51 bits per heavy atom. The summed E-state index contributed by atoms with van der Waals surface area (Å²) in [7, 11) is 3.11. The number of likely N-dealkylation sites (tertiary alicyclic amines) is 1. The predicted molar refractivity (Wildman–Crippen MR) is 196 cm³/mol. The quantitative estimate of drug-likeness (QED) is 0.214. The number of benzene rings is 2. The van der Waals surface area contributed by atoms with Crippen LogP contribution < -0.4 is 26.0 Å². The number of hydrogen-bond donors (Lipinski definition) is 4. The zero-order valence-electron chi connectivity index (χ0n) is 31.7. The maximum atomic E-state index is 14.2. The van der Waals surface area contributed by atoms with Crippen molar-refractivity contribution in [2.75, 3.05) is 27.2 Å². The highest BCUT2D eigenvalue weighted by Crippen LogP contribution is 2.65. The minimum Gasteiger partial charge on any atom is -0.410 e. The van der Waals surface area contributed by atoms with Gasteiger partial charge >= 0.3 is 6.09 Å². The van der Waals surface area contributed by atoms with Crippen molar-refractivity contribution < 1.29 is 38.3 Å². The molecule has 0 bridgehead atoms. The molecule has 53 heavy (non-hydrogen) atoms. The topological polar surface area (TPSA) is 183 Å². The van der Waals surface area contributed by atoms with E-state index in [1.165, 1.54) is 9.80 Å². The zero-order chi connectivity index (χ0) is 39.2. The van der Waals surface area contributed by atoms with Crippen molar-refractivity contribution in [2.45, 2.75) is 78.6 Å². The van der Waals surface area contributed by atoms with Gasteiger partial charge in [0, 0.05) is 20.6 Å². The first-order valence-corrected chi connectivity index (χ1v) is 17.9. The van der Waals surface area contributed by atoms with Crippen molar-refractivity contribution in [2.24, 2.45) is 22.7 Å². The van der Waals surface area contributed by atoms with Crippen molar-refractivity contribution in [1.29, 1.82) is 0 Å². The monoisotopic (exact) mass is 732 g/mol. The summed E-state index contributed by atoms with van der Waals surface area (Å²) >= 11 is 0. The van der Waals surface area contributed by atoms with E-state index in [2.05, 4.69) is 21.3 Å². The number of likely N-dealkylation sites (N-methyl/N-ethyl adjacent to an activating group) is 1. The number of carbonyl (C=O) groups is 7. The molecule has 2 fully saturated rings. The van der Waals surface area contributed by atoms with E-state index in [1.54, 1.807) is 102 Å². The molecule has 4 rings (SSSR count). The van der Waals surface area contributed by atoms with Gasteiger partial charge in [-0.25, -0.2) is 4.79 Å². The van der Waals surface area contributed by atoms with Crippen molar-refractivity contribution in [3.63, 3.8) is 0 Å². The number of carbonyl (C=O) groups excluding carboxylic acids is 7. The molecule has 2 aromatic carbocycles. The van der Waals surface area contributed by atoms with E-state index >= 15 is 0 Å². The summed E-state index contributed by atoms with van der Waals surface area (Å²) in [5.41, 5.74) is -0.469. The van der Waals surface area contributed by atoms with E-state index in [9.17, 15) is 33.6 Å². The zero-order valence-corrected chi connectivity index (χ0v) is 31.7. The Hall–Kier alpha value is -5.27. The maximum absolute atomic E-state index is 14.2. The number of para-hydroxylation sites is 1. The highest BCUT2D eigenvalue weighted by molar-refractivity contribution is 6.38. The molecule has 1 unspecified atom stereocenters. The molecule has 1 saturated carbocycles. The Morgan fingerprint density at radius 3 is 2.08 bits per heavy atom. The number of ether oxygens (including phenoxy) is 1. The van der Waals surface area contributed by atoms with E-state index in [0.717, 1.165) is 0 Å². The van der Waals surface area contributed by atoms with Gasteiger partial charge in [-0.2, -0.15) is 0 Å². The highest BCUT2D eigenvalue weighted by Gasteiger charge is 2.70. The van der Waals surface area contributed by atoms with Crippen LogP contribution in [0.1, 0.15) is 66.0 Å². The number of hydrogen-bond acceptors (Lipinski definition) is 8.